The van der Waals surface area contributed by atoms with Crippen molar-refractivity contribution in [3.05, 3.63) is 11.4 Å². The van der Waals surface area contributed by atoms with Crippen molar-refractivity contribution in [2.45, 2.75) is 46.3 Å². The molecule has 1 aromatic rings. The van der Waals surface area contributed by atoms with E-state index >= 15 is 0 Å². The molecule has 1 saturated heterocycles. The summed E-state index contributed by atoms with van der Waals surface area (Å²) in [5.74, 6) is 0. The molecule has 0 spiro atoms. The Hall–Kier alpha value is -1.72. The third-order valence-corrected chi connectivity index (χ3v) is 3.39. The molecule has 1 aromatic heterocycles. The molecule has 0 radical (unpaired) electrons. The first-order valence-corrected chi connectivity index (χ1v) is 6.92. The second kappa shape index (κ2) is 5.00. The Bertz CT molecular complexity index is 510. The molecule has 2 rings (SSSR count). The van der Waals surface area contributed by atoms with Crippen molar-refractivity contribution in [2.24, 2.45) is 7.05 Å². The lowest BCUT2D eigenvalue weighted by Gasteiger charge is -2.40. The number of hydrogen-bond acceptors (Lipinski definition) is 4. The van der Waals surface area contributed by atoms with Crippen LogP contribution in [0.25, 0.3) is 0 Å². The summed E-state index contributed by atoms with van der Waals surface area (Å²) in [4.78, 5) is 13.5. The topological polar surface area (TPSA) is 59.4 Å². The van der Waals surface area contributed by atoms with Crippen molar-refractivity contribution in [2.75, 3.05) is 18.4 Å². The monoisotopic (exact) mass is 280 g/mol. The van der Waals surface area contributed by atoms with Crippen LogP contribution in [0.5, 0.6) is 0 Å². The van der Waals surface area contributed by atoms with Crippen LogP contribution in [-0.2, 0) is 11.8 Å². The number of amides is 1. The zero-order valence-electron chi connectivity index (χ0n) is 13.1. The van der Waals surface area contributed by atoms with Gasteiger partial charge in [0.15, 0.2) is 0 Å². The molecule has 1 aliphatic rings. The molecular weight excluding hydrogens is 256 g/mol. The van der Waals surface area contributed by atoms with Gasteiger partial charge in [0.1, 0.15) is 5.60 Å². The van der Waals surface area contributed by atoms with Crippen LogP contribution >= 0.6 is 0 Å². The van der Waals surface area contributed by atoms with E-state index in [1.54, 1.807) is 4.90 Å². The molecule has 0 saturated carbocycles. The van der Waals surface area contributed by atoms with Crippen molar-refractivity contribution in [1.29, 1.82) is 0 Å². The maximum atomic E-state index is 11.8. The lowest BCUT2D eigenvalue weighted by molar-refractivity contribution is 0.0105. The lowest BCUT2D eigenvalue weighted by atomic mass is 10.1. The Morgan fingerprint density at radius 2 is 1.95 bits per heavy atom. The number of nitrogens with zero attached hydrogens (tertiary/aromatic N) is 3. The van der Waals surface area contributed by atoms with Crippen molar-refractivity contribution in [1.82, 2.24) is 14.7 Å². The minimum Gasteiger partial charge on any atom is -0.444 e. The highest BCUT2D eigenvalue weighted by Crippen LogP contribution is 2.23. The summed E-state index contributed by atoms with van der Waals surface area (Å²) in [5, 5.41) is 7.82. The van der Waals surface area contributed by atoms with E-state index in [-0.39, 0.29) is 12.1 Å². The highest BCUT2D eigenvalue weighted by molar-refractivity contribution is 5.70. The summed E-state index contributed by atoms with van der Waals surface area (Å²) >= 11 is 0. The first-order chi connectivity index (χ1) is 9.17. The van der Waals surface area contributed by atoms with Crippen LogP contribution in [0.3, 0.4) is 0 Å². The normalized spacial score (nSPS) is 16.0. The fourth-order valence-electron chi connectivity index (χ4n) is 2.23. The fourth-order valence-corrected chi connectivity index (χ4v) is 2.23. The molecule has 6 nitrogen and oxygen atoms in total. The van der Waals surface area contributed by atoms with Gasteiger partial charge < -0.3 is 15.0 Å². The second-order valence-electron chi connectivity index (χ2n) is 6.40. The zero-order chi connectivity index (χ0) is 15.1. The standard InChI is InChI=1S/C14H24N4O2/c1-9-12(10(2)17(6)16-9)15-11-7-18(8-11)13(19)20-14(3,4)5/h11,15H,7-8H2,1-6H3. The Balaban J connectivity index is 1.87. The quantitative estimate of drug-likeness (QED) is 0.901. The summed E-state index contributed by atoms with van der Waals surface area (Å²) in [5.41, 5.74) is 2.73. The molecule has 1 aliphatic heterocycles. The number of anilines is 1. The molecule has 0 aliphatic carbocycles. The molecule has 1 fully saturated rings. The number of ether oxygens (including phenoxy) is 1. The third kappa shape index (κ3) is 3.05. The van der Waals surface area contributed by atoms with Crippen LogP contribution in [0, 0.1) is 13.8 Å². The average molecular weight is 280 g/mol. The number of hydrogen-bond donors (Lipinski definition) is 1. The van der Waals surface area contributed by atoms with Gasteiger partial charge in [0.2, 0.25) is 0 Å². The van der Waals surface area contributed by atoms with E-state index in [1.807, 2.05) is 46.3 Å². The maximum absolute atomic E-state index is 11.8. The third-order valence-electron chi connectivity index (χ3n) is 3.39. The minimum absolute atomic E-state index is 0.241. The highest BCUT2D eigenvalue weighted by atomic mass is 16.6. The van der Waals surface area contributed by atoms with E-state index in [1.165, 1.54) is 0 Å². The first kappa shape index (κ1) is 14.7. The molecular formula is C14H24N4O2. The molecule has 112 valence electrons. The van der Waals surface area contributed by atoms with Crippen LogP contribution in [0.1, 0.15) is 32.2 Å². The Labute approximate surface area is 120 Å². The summed E-state index contributed by atoms with van der Waals surface area (Å²) in [6.45, 7) is 11.0. The predicted octanol–water partition coefficient (Wildman–Crippen LogP) is 2.07. The van der Waals surface area contributed by atoms with E-state index in [2.05, 4.69) is 10.4 Å². The van der Waals surface area contributed by atoms with E-state index in [0.717, 1.165) is 17.1 Å². The number of carbonyl (C=O) groups excluding carboxylic acids is 1. The molecule has 1 N–H and O–H groups in total. The number of aromatic nitrogens is 2. The highest BCUT2D eigenvalue weighted by Gasteiger charge is 2.34. The van der Waals surface area contributed by atoms with Gasteiger partial charge >= 0.3 is 6.09 Å². The molecule has 0 aromatic carbocycles. The molecule has 2 heterocycles. The van der Waals surface area contributed by atoms with Gasteiger partial charge in [0.25, 0.3) is 0 Å². The minimum atomic E-state index is -0.438. The van der Waals surface area contributed by atoms with Gasteiger partial charge in [-0.05, 0) is 34.6 Å². The SMILES string of the molecule is Cc1nn(C)c(C)c1NC1CN(C(=O)OC(C)(C)C)C1. The van der Waals surface area contributed by atoms with Crippen molar-refractivity contribution >= 4 is 11.8 Å². The van der Waals surface area contributed by atoms with Gasteiger partial charge in [0.05, 0.1) is 23.1 Å². The Morgan fingerprint density at radius 1 is 1.35 bits per heavy atom. The van der Waals surface area contributed by atoms with Gasteiger partial charge in [-0.2, -0.15) is 5.10 Å². The first-order valence-electron chi connectivity index (χ1n) is 6.92. The van der Waals surface area contributed by atoms with Gasteiger partial charge in [-0.25, -0.2) is 4.79 Å². The smallest absolute Gasteiger partial charge is 0.410 e. The van der Waals surface area contributed by atoms with Gasteiger partial charge in [-0.3, -0.25) is 4.68 Å². The largest absolute Gasteiger partial charge is 0.444 e. The Morgan fingerprint density at radius 3 is 2.40 bits per heavy atom. The lowest BCUT2D eigenvalue weighted by Crippen LogP contribution is -2.58. The van der Waals surface area contributed by atoms with Gasteiger partial charge in [-0.1, -0.05) is 0 Å². The van der Waals surface area contributed by atoms with Crippen molar-refractivity contribution in [3.63, 3.8) is 0 Å². The van der Waals surface area contributed by atoms with E-state index < -0.39 is 5.60 Å². The number of likely N-dealkylation sites (tertiary alicyclic amines) is 1. The number of aryl methyl sites for hydroxylation is 2. The van der Waals surface area contributed by atoms with Crippen LogP contribution in [-0.4, -0.2) is 45.5 Å². The Kier molecular flexibility index (Phi) is 3.67. The molecule has 6 heteroatoms. The van der Waals surface area contributed by atoms with Gasteiger partial charge in [-0.15, -0.1) is 0 Å². The summed E-state index contributed by atoms with van der Waals surface area (Å²) < 4.78 is 7.20. The van der Waals surface area contributed by atoms with Crippen LogP contribution < -0.4 is 5.32 Å². The number of rotatable bonds is 2. The average Bonchev–Trinajstić information content (AvgIpc) is 2.45. The van der Waals surface area contributed by atoms with E-state index in [9.17, 15) is 4.79 Å². The van der Waals surface area contributed by atoms with Gasteiger partial charge in [0, 0.05) is 20.1 Å². The van der Waals surface area contributed by atoms with Crippen molar-refractivity contribution in [3.8, 4) is 0 Å². The zero-order valence-corrected chi connectivity index (χ0v) is 13.1. The second-order valence-corrected chi connectivity index (χ2v) is 6.40. The summed E-state index contributed by atoms with van der Waals surface area (Å²) in [6.07, 6.45) is -0.241. The van der Waals surface area contributed by atoms with Crippen molar-refractivity contribution < 1.29 is 9.53 Å². The number of carbonyl (C=O) groups is 1. The van der Waals surface area contributed by atoms with E-state index in [4.69, 9.17) is 4.74 Å². The van der Waals surface area contributed by atoms with Crippen LogP contribution in [0.4, 0.5) is 10.5 Å². The fraction of sp³-hybridized carbons (Fsp3) is 0.714. The number of nitrogens with one attached hydrogen (secondary N) is 1. The predicted molar refractivity (Wildman–Crippen MR) is 77.9 cm³/mol. The molecule has 20 heavy (non-hydrogen) atoms. The summed E-state index contributed by atoms with van der Waals surface area (Å²) in [7, 11) is 1.93. The molecule has 1 amide bonds. The maximum Gasteiger partial charge on any atom is 0.410 e. The molecule has 0 atom stereocenters. The summed E-state index contributed by atoms with van der Waals surface area (Å²) in [6, 6.07) is 0.268. The molecule has 0 unspecified atom stereocenters. The van der Waals surface area contributed by atoms with E-state index in [0.29, 0.717) is 13.1 Å². The van der Waals surface area contributed by atoms with Crippen LogP contribution in [0.2, 0.25) is 0 Å². The van der Waals surface area contributed by atoms with Crippen LogP contribution in [0.15, 0.2) is 0 Å². The molecule has 0 bridgehead atoms.